The first-order valence-electron chi connectivity index (χ1n) is 12.9. The third-order valence-electron chi connectivity index (χ3n) is 6.80. The average molecular weight is 565 g/mol. The molecule has 0 unspecified atom stereocenters. The molecule has 0 spiro atoms. The fourth-order valence-corrected chi connectivity index (χ4v) is 13.1. The summed E-state index contributed by atoms with van der Waals surface area (Å²) in [6.07, 6.45) is 17.6. The first kappa shape index (κ1) is 26.1. The second kappa shape index (κ2) is 14.0. The average Bonchev–Trinajstić information content (AvgIpc) is 2.82. The van der Waals surface area contributed by atoms with Gasteiger partial charge in [0.05, 0.1) is 0 Å². The summed E-state index contributed by atoms with van der Waals surface area (Å²) in [5, 5.41) is 12.2. The van der Waals surface area contributed by atoms with E-state index in [4.69, 9.17) is 0 Å². The molecule has 176 valence electrons. The van der Waals surface area contributed by atoms with Gasteiger partial charge >= 0.3 is 210 Å². The summed E-state index contributed by atoms with van der Waals surface area (Å²) in [5.74, 6) is 0. The van der Waals surface area contributed by atoms with Crippen molar-refractivity contribution in [1.82, 2.24) is 0 Å². The van der Waals surface area contributed by atoms with Crippen LogP contribution in [0, 0.1) is 0 Å². The van der Waals surface area contributed by atoms with Gasteiger partial charge in [0.15, 0.2) is 0 Å². The van der Waals surface area contributed by atoms with Gasteiger partial charge in [0.1, 0.15) is 0 Å². The number of unbranched alkanes of at least 4 members (excludes halogenated alkanes) is 7. The van der Waals surface area contributed by atoms with Crippen LogP contribution in [-0.4, -0.2) is 40.6 Å². The molecule has 0 aromatic heterocycles. The summed E-state index contributed by atoms with van der Waals surface area (Å²) in [6.45, 7) is 2.29. The molecular formula is C29H42OSe2. The molecule has 1 saturated carbocycles. The van der Waals surface area contributed by atoms with Crippen molar-refractivity contribution < 1.29 is 5.11 Å². The van der Waals surface area contributed by atoms with Crippen molar-refractivity contribution in [2.75, 3.05) is 0 Å². The Kier molecular flexibility index (Phi) is 11.4. The Morgan fingerprint density at radius 1 is 0.688 bits per heavy atom. The molecule has 3 rings (SSSR count). The maximum absolute atomic E-state index is 12.2. The molecule has 1 aliphatic rings. The Hall–Kier alpha value is -0.561. The van der Waals surface area contributed by atoms with Crippen LogP contribution in [0.5, 0.6) is 0 Å². The standard InChI is InChI=1S/C29H42OSe2/c1-2-3-4-5-6-7-8-18-25-29(28(30)23-16-11-17-24-28,31-26-19-12-9-13-20-26)32-27-21-14-10-15-22-27/h9-10,12-15,19-22,30H,2-8,11,16-18,23-25H2,1H3. The minimum absolute atomic E-state index is 0.0400. The molecule has 3 heteroatoms. The van der Waals surface area contributed by atoms with Crippen molar-refractivity contribution in [3.63, 3.8) is 0 Å². The van der Waals surface area contributed by atoms with E-state index in [0.717, 1.165) is 12.8 Å². The molecule has 0 atom stereocenters. The van der Waals surface area contributed by atoms with Gasteiger partial charge < -0.3 is 0 Å². The molecule has 32 heavy (non-hydrogen) atoms. The second-order valence-electron chi connectivity index (χ2n) is 9.40. The molecule has 2 aromatic rings. The topological polar surface area (TPSA) is 20.2 Å². The van der Waals surface area contributed by atoms with E-state index >= 15 is 0 Å². The number of rotatable bonds is 14. The zero-order chi connectivity index (χ0) is 22.5. The van der Waals surface area contributed by atoms with E-state index in [1.807, 2.05) is 0 Å². The number of hydrogen-bond donors (Lipinski definition) is 1. The summed E-state index contributed by atoms with van der Waals surface area (Å²) in [4.78, 5) is 0. The predicted octanol–water partition coefficient (Wildman–Crippen LogP) is 6.39. The van der Waals surface area contributed by atoms with Crippen molar-refractivity contribution in [2.24, 2.45) is 0 Å². The normalized spacial score (nSPS) is 16.2. The Labute approximate surface area is 209 Å². The maximum atomic E-state index is 12.2. The Bertz CT molecular complexity index is 699. The molecule has 1 fully saturated rings. The van der Waals surface area contributed by atoms with Crippen molar-refractivity contribution in [3.8, 4) is 0 Å². The summed E-state index contributed by atoms with van der Waals surface area (Å²) in [6, 6.07) is 22.2. The van der Waals surface area contributed by atoms with Crippen molar-refractivity contribution >= 4 is 38.8 Å². The zero-order valence-electron chi connectivity index (χ0n) is 19.9. The molecule has 0 saturated heterocycles. The molecule has 1 aliphatic carbocycles. The predicted molar refractivity (Wildman–Crippen MR) is 142 cm³/mol. The van der Waals surface area contributed by atoms with E-state index in [1.54, 1.807) is 0 Å². The SMILES string of the molecule is CCCCCCCCCCC([Se]c1ccccc1)([Se]c1ccccc1)C1(O)CCCCC1. The van der Waals surface area contributed by atoms with E-state index < -0.39 is 5.60 Å². The third kappa shape index (κ3) is 7.75. The molecule has 0 heterocycles. The van der Waals surface area contributed by atoms with Crippen LogP contribution < -0.4 is 8.92 Å². The van der Waals surface area contributed by atoms with Gasteiger partial charge in [-0.05, 0) is 0 Å². The van der Waals surface area contributed by atoms with Gasteiger partial charge in [0.25, 0.3) is 0 Å². The molecular weight excluding hydrogens is 522 g/mol. The van der Waals surface area contributed by atoms with Gasteiger partial charge in [0, 0.05) is 0 Å². The van der Waals surface area contributed by atoms with Crippen LogP contribution in [0.1, 0.15) is 96.8 Å². The van der Waals surface area contributed by atoms with Crippen LogP contribution in [0.15, 0.2) is 60.7 Å². The second-order valence-corrected chi connectivity index (χ2v) is 16.5. The van der Waals surface area contributed by atoms with Gasteiger partial charge in [-0.25, -0.2) is 0 Å². The van der Waals surface area contributed by atoms with E-state index in [-0.39, 0.29) is 33.1 Å². The molecule has 0 radical (unpaired) electrons. The van der Waals surface area contributed by atoms with Crippen LogP contribution in [0.25, 0.3) is 0 Å². The molecule has 0 amide bonds. The number of hydrogen-bond acceptors (Lipinski definition) is 1. The van der Waals surface area contributed by atoms with Crippen LogP contribution >= 0.6 is 0 Å². The Morgan fingerprint density at radius 3 is 1.66 bits per heavy atom. The van der Waals surface area contributed by atoms with Crippen LogP contribution in [0.2, 0.25) is 3.21 Å². The van der Waals surface area contributed by atoms with Gasteiger partial charge in [-0.1, -0.05) is 0 Å². The summed E-state index contributed by atoms with van der Waals surface area (Å²) in [5.41, 5.74) is -0.502. The van der Waals surface area contributed by atoms with Crippen LogP contribution in [0.4, 0.5) is 0 Å². The fourth-order valence-electron chi connectivity index (χ4n) is 4.91. The van der Waals surface area contributed by atoms with Crippen LogP contribution in [0.3, 0.4) is 0 Å². The monoisotopic (exact) mass is 566 g/mol. The summed E-state index contributed by atoms with van der Waals surface area (Å²) < 4.78 is 2.95. The quantitative estimate of drug-likeness (QED) is 0.208. The van der Waals surface area contributed by atoms with Gasteiger partial charge in [-0.2, -0.15) is 0 Å². The van der Waals surface area contributed by atoms with Gasteiger partial charge in [0.2, 0.25) is 0 Å². The van der Waals surface area contributed by atoms with Gasteiger partial charge in [-0.3, -0.25) is 0 Å². The van der Waals surface area contributed by atoms with E-state index in [2.05, 4.69) is 67.6 Å². The Morgan fingerprint density at radius 2 is 1.16 bits per heavy atom. The zero-order valence-corrected chi connectivity index (χ0v) is 23.4. The minimum atomic E-state index is -0.502. The fraction of sp³-hybridized carbons (Fsp3) is 0.586. The summed E-state index contributed by atoms with van der Waals surface area (Å²) in [7, 11) is 0. The Balaban J connectivity index is 1.77. The molecule has 0 bridgehead atoms. The van der Waals surface area contributed by atoms with Gasteiger partial charge in [-0.15, -0.1) is 0 Å². The summed E-state index contributed by atoms with van der Waals surface area (Å²) >= 11 is 0.550. The number of benzene rings is 2. The number of aliphatic hydroxyl groups is 1. The van der Waals surface area contributed by atoms with E-state index in [9.17, 15) is 5.11 Å². The molecule has 0 aliphatic heterocycles. The first-order chi connectivity index (χ1) is 15.7. The van der Waals surface area contributed by atoms with Crippen LogP contribution in [-0.2, 0) is 0 Å². The molecule has 1 nitrogen and oxygen atoms in total. The van der Waals surface area contributed by atoms with E-state index in [1.165, 1.54) is 86.0 Å². The van der Waals surface area contributed by atoms with E-state index in [0.29, 0.717) is 0 Å². The van der Waals surface area contributed by atoms with Crippen molar-refractivity contribution in [3.05, 3.63) is 60.7 Å². The molecule has 1 N–H and O–H groups in total. The van der Waals surface area contributed by atoms with Crippen molar-refractivity contribution in [2.45, 2.75) is 106 Å². The van der Waals surface area contributed by atoms with Crippen molar-refractivity contribution in [1.29, 1.82) is 0 Å². The molecule has 2 aromatic carbocycles. The first-order valence-corrected chi connectivity index (χ1v) is 16.3. The third-order valence-corrected chi connectivity index (χ3v) is 14.6.